The third kappa shape index (κ3) is 3.13. The van der Waals surface area contributed by atoms with Gasteiger partial charge >= 0.3 is 6.18 Å². The summed E-state index contributed by atoms with van der Waals surface area (Å²) in [6.07, 6.45) is -3.96. The van der Waals surface area contributed by atoms with Gasteiger partial charge in [0.15, 0.2) is 0 Å². The Morgan fingerprint density at radius 1 is 1.00 bits per heavy atom. The largest absolute Gasteiger partial charge is 0.416 e. The molecule has 0 amide bonds. The van der Waals surface area contributed by atoms with Gasteiger partial charge in [-0.05, 0) is 42.0 Å². The van der Waals surface area contributed by atoms with Gasteiger partial charge in [-0.3, -0.25) is 5.01 Å². The van der Waals surface area contributed by atoms with E-state index in [2.05, 4.69) is 5.10 Å². The van der Waals surface area contributed by atoms with E-state index in [4.69, 9.17) is 5.73 Å². The van der Waals surface area contributed by atoms with Crippen LogP contribution in [-0.2, 0) is 6.18 Å². The first-order valence-electron chi connectivity index (χ1n) is 6.89. The molecule has 0 saturated carbocycles. The minimum atomic E-state index is -4.39. The van der Waals surface area contributed by atoms with Gasteiger partial charge in [0.05, 0.1) is 17.3 Å². The highest BCUT2D eigenvalue weighted by molar-refractivity contribution is 5.85. The molecule has 0 saturated heterocycles. The zero-order valence-electron chi connectivity index (χ0n) is 11.9. The van der Waals surface area contributed by atoms with E-state index in [0.29, 0.717) is 17.9 Å². The van der Waals surface area contributed by atoms with Crippen molar-refractivity contribution in [3.63, 3.8) is 0 Å². The molecule has 0 radical (unpaired) electrons. The van der Waals surface area contributed by atoms with Crippen molar-refractivity contribution in [2.45, 2.75) is 18.6 Å². The van der Waals surface area contributed by atoms with Gasteiger partial charge in [-0.2, -0.15) is 18.3 Å². The van der Waals surface area contributed by atoms with Crippen molar-refractivity contribution >= 4 is 11.5 Å². The van der Waals surface area contributed by atoms with Crippen LogP contribution in [0.25, 0.3) is 0 Å². The first-order valence-corrected chi connectivity index (χ1v) is 6.89. The molecule has 1 aliphatic heterocycles. The van der Waals surface area contributed by atoms with Crippen LogP contribution in [0.15, 0.2) is 53.6 Å². The van der Waals surface area contributed by atoms with E-state index in [1.165, 1.54) is 24.3 Å². The van der Waals surface area contributed by atoms with Crippen LogP contribution < -0.4 is 10.7 Å². The molecule has 0 aromatic heterocycles. The first-order chi connectivity index (χ1) is 10.8. The van der Waals surface area contributed by atoms with Crippen molar-refractivity contribution in [1.29, 1.82) is 0 Å². The molecule has 2 N–H and O–H groups in total. The molecule has 1 aliphatic rings. The summed E-state index contributed by atoms with van der Waals surface area (Å²) in [5.74, 6) is 0.0148. The van der Waals surface area contributed by atoms with Crippen LogP contribution >= 0.6 is 0 Å². The SMILES string of the molecule is NC1=NN(c2ccc(C(F)(F)F)cc2)C(c2ccc(F)cc2)C1. The maximum Gasteiger partial charge on any atom is 0.416 e. The van der Waals surface area contributed by atoms with Crippen LogP contribution in [-0.4, -0.2) is 5.84 Å². The van der Waals surface area contributed by atoms with Gasteiger partial charge in [-0.1, -0.05) is 12.1 Å². The van der Waals surface area contributed by atoms with E-state index in [1.54, 1.807) is 17.1 Å². The van der Waals surface area contributed by atoms with E-state index in [0.717, 1.165) is 17.7 Å². The number of hydrogen-bond donors (Lipinski definition) is 1. The highest BCUT2D eigenvalue weighted by Gasteiger charge is 2.32. The van der Waals surface area contributed by atoms with Crippen molar-refractivity contribution in [2.24, 2.45) is 10.8 Å². The highest BCUT2D eigenvalue weighted by atomic mass is 19.4. The third-order valence-electron chi connectivity index (χ3n) is 3.65. The second-order valence-corrected chi connectivity index (χ2v) is 5.25. The van der Waals surface area contributed by atoms with E-state index >= 15 is 0 Å². The number of rotatable bonds is 2. The standard InChI is InChI=1S/C16H13F4N3/c17-12-5-1-10(2-6-12)14-9-15(21)22-23(14)13-7-3-11(4-8-13)16(18,19)20/h1-8,14H,9H2,(H2,21,22). The first kappa shape index (κ1) is 15.3. The van der Waals surface area contributed by atoms with Crippen molar-refractivity contribution in [3.05, 3.63) is 65.5 Å². The number of hydrogen-bond acceptors (Lipinski definition) is 3. The maximum atomic E-state index is 13.1. The van der Waals surface area contributed by atoms with Crippen molar-refractivity contribution in [3.8, 4) is 0 Å². The Hall–Kier alpha value is -2.57. The number of benzene rings is 2. The van der Waals surface area contributed by atoms with Gasteiger partial charge in [0.25, 0.3) is 0 Å². The third-order valence-corrected chi connectivity index (χ3v) is 3.65. The molecule has 2 aromatic rings. The summed E-state index contributed by atoms with van der Waals surface area (Å²) < 4.78 is 51.0. The number of nitrogens with zero attached hydrogens (tertiary/aromatic N) is 2. The summed E-state index contributed by atoms with van der Waals surface area (Å²) >= 11 is 0. The Balaban J connectivity index is 1.91. The normalized spacial score (nSPS) is 18.2. The van der Waals surface area contributed by atoms with E-state index < -0.39 is 11.7 Å². The van der Waals surface area contributed by atoms with Gasteiger partial charge in [0, 0.05) is 6.42 Å². The lowest BCUT2D eigenvalue weighted by Crippen LogP contribution is -2.19. The maximum absolute atomic E-state index is 13.1. The lowest BCUT2D eigenvalue weighted by molar-refractivity contribution is -0.137. The summed E-state index contributed by atoms with van der Waals surface area (Å²) in [6, 6.07) is 10.3. The molecule has 0 fully saturated rings. The van der Waals surface area contributed by atoms with Gasteiger partial charge in [0.1, 0.15) is 11.7 Å². The van der Waals surface area contributed by atoms with Gasteiger partial charge in [-0.15, -0.1) is 0 Å². The van der Waals surface area contributed by atoms with E-state index in [9.17, 15) is 17.6 Å². The zero-order chi connectivity index (χ0) is 16.6. The molecular formula is C16H13F4N3. The van der Waals surface area contributed by atoms with Crippen molar-refractivity contribution in [2.75, 3.05) is 5.01 Å². The molecule has 2 aromatic carbocycles. The Morgan fingerprint density at radius 2 is 1.61 bits per heavy atom. The molecule has 0 spiro atoms. The number of nitrogens with two attached hydrogens (primary N) is 1. The number of anilines is 1. The zero-order valence-corrected chi connectivity index (χ0v) is 11.9. The molecule has 1 heterocycles. The Kier molecular flexibility index (Phi) is 3.71. The number of halogens is 4. The topological polar surface area (TPSA) is 41.6 Å². The lowest BCUT2D eigenvalue weighted by atomic mass is 10.0. The summed E-state index contributed by atoms with van der Waals surface area (Å²) in [5, 5.41) is 5.74. The van der Waals surface area contributed by atoms with Gasteiger partial charge in [-0.25, -0.2) is 4.39 Å². The highest BCUT2D eigenvalue weighted by Crippen LogP contribution is 2.36. The van der Waals surface area contributed by atoms with Gasteiger partial charge in [0.2, 0.25) is 0 Å². The number of alkyl halides is 3. The van der Waals surface area contributed by atoms with Crippen LogP contribution in [0, 0.1) is 5.82 Å². The predicted octanol–water partition coefficient (Wildman–Crippen LogP) is 4.07. The Bertz CT molecular complexity index is 720. The monoisotopic (exact) mass is 323 g/mol. The second-order valence-electron chi connectivity index (χ2n) is 5.25. The molecule has 0 aliphatic carbocycles. The molecule has 23 heavy (non-hydrogen) atoms. The van der Waals surface area contributed by atoms with Crippen LogP contribution in [0.3, 0.4) is 0 Å². The summed E-state index contributed by atoms with van der Waals surface area (Å²) in [4.78, 5) is 0. The fraction of sp³-hybridized carbons (Fsp3) is 0.188. The Labute approximate surface area is 130 Å². The molecule has 1 unspecified atom stereocenters. The van der Waals surface area contributed by atoms with Crippen LogP contribution in [0.2, 0.25) is 0 Å². The minimum absolute atomic E-state index is 0.271. The number of hydrazone groups is 1. The molecule has 3 rings (SSSR count). The molecular weight excluding hydrogens is 310 g/mol. The fourth-order valence-electron chi connectivity index (χ4n) is 2.52. The van der Waals surface area contributed by atoms with Crippen LogP contribution in [0.1, 0.15) is 23.6 Å². The quantitative estimate of drug-likeness (QED) is 0.847. The van der Waals surface area contributed by atoms with E-state index in [-0.39, 0.29) is 11.9 Å². The summed E-state index contributed by atoms with van der Waals surface area (Å²) in [5.41, 5.74) is 6.33. The molecule has 120 valence electrons. The fourth-order valence-corrected chi connectivity index (χ4v) is 2.52. The molecule has 0 bridgehead atoms. The second kappa shape index (κ2) is 5.57. The van der Waals surface area contributed by atoms with Crippen LogP contribution in [0.5, 0.6) is 0 Å². The molecule has 1 atom stereocenters. The summed E-state index contributed by atoms with van der Waals surface area (Å²) in [7, 11) is 0. The number of amidine groups is 1. The molecule has 3 nitrogen and oxygen atoms in total. The minimum Gasteiger partial charge on any atom is -0.386 e. The lowest BCUT2D eigenvalue weighted by Gasteiger charge is -2.24. The molecule has 7 heteroatoms. The summed E-state index contributed by atoms with van der Waals surface area (Å²) in [6.45, 7) is 0. The van der Waals surface area contributed by atoms with Crippen molar-refractivity contribution in [1.82, 2.24) is 0 Å². The van der Waals surface area contributed by atoms with Crippen molar-refractivity contribution < 1.29 is 17.6 Å². The predicted molar refractivity (Wildman–Crippen MR) is 79.3 cm³/mol. The average molecular weight is 323 g/mol. The smallest absolute Gasteiger partial charge is 0.386 e. The average Bonchev–Trinajstić information content (AvgIpc) is 2.89. The van der Waals surface area contributed by atoms with Crippen LogP contribution in [0.4, 0.5) is 23.2 Å². The van der Waals surface area contributed by atoms with E-state index in [1.807, 2.05) is 0 Å². The Morgan fingerprint density at radius 3 is 2.17 bits per heavy atom. The van der Waals surface area contributed by atoms with Gasteiger partial charge < -0.3 is 5.73 Å².